The summed E-state index contributed by atoms with van der Waals surface area (Å²) in [6, 6.07) is 0.470. The topological polar surface area (TPSA) is 29.9 Å². The van der Waals surface area contributed by atoms with E-state index in [0.29, 0.717) is 35.9 Å². The Hall–Kier alpha value is -1.53. The lowest BCUT2D eigenvalue weighted by molar-refractivity contribution is 0.472. The fraction of sp³-hybridized carbons (Fsp3) is 0.357. The lowest BCUT2D eigenvalue weighted by atomic mass is 10.0. The molecule has 21 heavy (non-hydrogen) atoms. The molecule has 0 aliphatic rings. The number of benzene rings is 1. The van der Waals surface area contributed by atoms with E-state index in [0.717, 1.165) is 0 Å². The van der Waals surface area contributed by atoms with Crippen molar-refractivity contribution in [2.75, 3.05) is 6.54 Å². The van der Waals surface area contributed by atoms with Crippen LogP contribution in [0.5, 0.6) is 0 Å². The minimum Gasteiger partial charge on any atom is -0.305 e. The third-order valence-corrected chi connectivity index (χ3v) is 3.44. The summed E-state index contributed by atoms with van der Waals surface area (Å²) < 4.78 is 42.7. The van der Waals surface area contributed by atoms with Crippen LogP contribution in [0.4, 0.5) is 13.2 Å². The van der Waals surface area contributed by atoms with E-state index < -0.39 is 23.5 Å². The molecule has 1 unspecified atom stereocenters. The molecule has 0 spiro atoms. The fourth-order valence-electron chi connectivity index (χ4n) is 2.28. The molecule has 1 atom stereocenters. The van der Waals surface area contributed by atoms with Crippen LogP contribution in [0.2, 0.25) is 5.02 Å². The van der Waals surface area contributed by atoms with Crippen molar-refractivity contribution in [2.24, 2.45) is 0 Å². The summed E-state index contributed by atoms with van der Waals surface area (Å²) in [6.07, 6.45) is 1.42. The first kappa shape index (κ1) is 15.9. The van der Waals surface area contributed by atoms with Gasteiger partial charge in [-0.3, -0.25) is 4.68 Å². The molecule has 0 fully saturated rings. The van der Waals surface area contributed by atoms with Gasteiger partial charge in [-0.2, -0.15) is 5.10 Å². The lowest BCUT2D eigenvalue weighted by Gasteiger charge is -2.21. The molecule has 114 valence electrons. The largest absolute Gasteiger partial charge is 0.305 e. The molecule has 0 aliphatic carbocycles. The first-order chi connectivity index (χ1) is 9.99. The SMILES string of the molecule is CCNC(c1c(F)cc(F)cc1F)c1c(Cl)cnn1CC. The number of halogens is 4. The van der Waals surface area contributed by atoms with Crippen molar-refractivity contribution in [1.82, 2.24) is 15.1 Å². The van der Waals surface area contributed by atoms with Crippen LogP contribution in [-0.2, 0) is 6.54 Å². The fourth-order valence-corrected chi connectivity index (χ4v) is 2.53. The Labute approximate surface area is 125 Å². The van der Waals surface area contributed by atoms with E-state index in [4.69, 9.17) is 11.6 Å². The number of nitrogens with one attached hydrogen (secondary N) is 1. The van der Waals surface area contributed by atoms with E-state index in [1.54, 1.807) is 11.6 Å². The van der Waals surface area contributed by atoms with E-state index in [2.05, 4.69) is 10.4 Å². The van der Waals surface area contributed by atoms with Crippen LogP contribution in [-0.4, -0.2) is 16.3 Å². The van der Waals surface area contributed by atoms with Gasteiger partial charge >= 0.3 is 0 Å². The summed E-state index contributed by atoms with van der Waals surface area (Å²) in [6.45, 7) is 4.58. The molecule has 0 bridgehead atoms. The van der Waals surface area contributed by atoms with Gasteiger partial charge < -0.3 is 5.32 Å². The van der Waals surface area contributed by atoms with Crippen molar-refractivity contribution in [3.8, 4) is 0 Å². The number of aromatic nitrogens is 2. The van der Waals surface area contributed by atoms with Crippen LogP contribution < -0.4 is 5.32 Å². The van der Waals surface area contributed by atoms with Crippen molar-refractivity contribution >= 4 is 11.6 Å². The van der Waals surface area contributed by atoms with Crippen LogP contribution in [0.1, 0.15) is 31.1 Å². The molecule has 1 aromatic heterocycles. The Morgan fingerprint density at radius 2 is 1.86 bits per heavy atom. The maximum absolute atomic E-state index is 14.1. The zero-order valence-electron chi connectivity index (χ0n) is 11.6. The smallest absolute Gasteiger partial charge is 0.134 e. The van der Waals surface area contributed by atoms with Gasteiger partial charge in [-0.15, -0.1) is 0 Å². The van der Waals surface area contributed by atoms with Crippen molar-refractivity contribution in [2.45, 2.75) is 26.4 Å². The average Bonchev–Trinajstić information content (AvgIpc) is 2.77. The Morgan fingerprint density at radius 3 is 2.38 bits per heavy atom. The van der Waals surface area contributed by atoms with E-state index in [-0.39, 0.29) is 5.56 Å². The molecule has 2 aromatic rings. The first-order valence-corrected chi connectivity index (χ1v) is 6.96. The van der Waals surface area contributed by atoms with Gasteiger partial charge in [0.2, 0.25) is 0 Å². The van der Waals surface area contributed by atoms with Gasteiger partial charge in [0.25, 0.3) is 0 Å². The van der Waals surface area contributed by atoms with Gasteiger partial charge in [-0.05, 0) is 13.5 Å². The number of hydrogen-bond acceptors (Lipinski definition) is 2. The van der Waals surface area contributed by atoms with Gasteiger partial charge in [0.1, 0.15) is 17.5 Å². The van der Waals surface area contributed by atoms with E-state index in [1.165, 1.54) is 6.20 Å². The number of aryl methyl sites for hydroxylation is 1. The summed E-state index contributed by atoms with van der Waals surface area (Å²) in [5.74, 6) is -2.88. The number of hydrogen-bond donors (Lipinski definition) is 1. The van der Waals surface area contributed by atoms with Gasteiger partial charge in [-0.1, -0.05) is 18.5 Å². The molecule has 7 heteroatoms. The van der Waals surface area contributed by atoms with Crippen LogP contribution in [0.25, 0.3) is 0 Å². The summed E-state index contributed by atoms with van der Waals surface area (Å²) in [5.41, 5.74) is 0.181. The predicted molar refractivity (Wildman–Crippen MR) is 74.7 cm³/mol. The van der Waals surface area contributed by atoms with Crippen molar-refractivity contribution in [1.29, 1.82) is 0 Å². The highest BCUT2D eigenvalue weighted by Crippen LogP contribution is 2.31. The van der Waals surface area contributed by atoms with Crippen LogP contribution in [0, 0.1) is 17.5 Å². The van der Waals surface area contributed by atoms with E-state index in [9.17, 15) is 13.2 Å². The summed E-state index contributed by atoms with van der Waals surface area (Å²) in [4.78, 5) is 0. The maximum atomic E-state index is 14.1. The van der Waals surface area contributed by atoms with Crippen LogP contribution >= 0.6 is 11.6 Å². The first-order valence-electron chi connectivity index (χ1n) is 6.58. The standard InChI is InChI=1S/C14H15ClF3N3/c1-3-19-13(14-9(15)7-20-21(14)4-2)12-10(17)5-8(16)6-11(12)18/h5-7,13,19H,3-4H2,1-2H3. The van der Waals surface area contributed by atoms with Crippen LogP contribution in [0.15, 0.2) is 18.3 Å². The molecule has 1 aromatic carbocycles. The Bertz CT molecular complexity index is 619. The Balaban J connectivity index is 2.62. The normalized spacial score (nSPS) is 12.7. The van der Waals surface area contributed by atoms with Gasteiger partial charge in [0.15, 0.2) is 0 Å². The highest BCUT2D eigenvalue weighted by molar-refractivity contribution is 6.31. The zero-order chi connectivity index (χ0) is 15.6. The number of nitrogens with zero attached hydrogens (tertiary/aromatic N) is 2. The Kier molecular flexibility index (Phi) is 4.90. The predicted octanol–water partition coefficient (Wildman–Crippen LogP) is 3.67. The van der Waals surface area contributed by atoms with E-state index in [1.807, 2.05) is 6.92 Å². The minimum atomic E-state index is -0.960. The second-order valence-corrected chi connectivity index (χ2v) is 4.87. The third kappa shape index (κ3) is 3.06. The molecular formula is C14H15ClF3N3. The molecule has 0 saturated heterocycles. The second kappa shape index (κ2) is 6.49. The minimum absolute atomic E-state index is 0.268. The lowest BCUT2D eigenvalue weighted by Crippen LogP contribution is -2.27. The average molecular weight is 318 g/mol. The molecule has 0 amide bonds. The summed E-state index contributed by atoms with van der Waals surface area (Å²) in [7, 11) is 0. The van der Waals surface area contributed by atoms with Gasteiger partial charge in [-0.25, -0.2) is 13.2 Å². The monoisotopic (exact) mass is 317 g/mol. The molecule has 0 radical (unpaired) electrons. The molecule has 2 rings (SSSR count). The highest BCUT2D eigenvalue weighted by atomic mass is 35.5. The molecule has 1 N–H and O–H groups in total. The van der Waals surface area contributed by atoms with Crippen molar-refractivity contribution < 1.29 is 13.2 Å². The highest BCUT2D eigenvalue weighted by Gasteiger charge is 2.27. The van der Waals surface area contributed by atoms with Crippen molar-refractivity contribution in [3.05, 3.63) is 52.1 Å². The second-order valence-electron chi connectivity index (χ2n) is 4.47. The zero-order valence-corrected chi connectivity index (χ0v) is 12.4. The maximum Gasteiger partial charge on any atom is 0.134 e. The van der Waals surface area contributed by atoms with Crippen LogP contribution in [0.3, 0.4) is 0 Å². The third-order valence-electron chi connectivity index (χ3n) is 3.15. The molecule has 0 saturated carbocycles. The molecule has 0 aliphatic heterocycles. The van der Waals surface area contributed by atoms with E-state index >= 15 is 0 Å². The number of rotatable bonds is 5. The van der Waals surface area contributed by atoms with Crippen molar-refractivity contribution in [3.63, 3.8) is 0 Å². The van der Waals surface area contributed by atoms with Gasteiger partial charge in [0, 0.05) is 24.2 Å². The Morgan fingerprint density at radius 1 is 1.24 bits per heavy atom. The summed E-state index contributed by atoms with van der Waals surface area (Å²) >= 11 is 6.10. The molecule has 3 nitrogen and oxygen atoms in total. The summed E-state index contributed by atoms with van der Waals surface area (Å²) in [5, 5.41) is 7.33. The van der Waals surface area contributed by atoms with Gasteiger partial charge in [0.05, 0.1) is 23.0 Å². The molecular weight excluding hydrogens is 303 g/mol. The molecule has 1 heterocycles. The quantitative estimate of drug-likeness (QED) is 0.912.